The minimum Gasteiger partial charge on any atom is -0.465 e. The van der Waals surface area contributed by atoms with Crippen LogP contribution in [0.4, 0.5) is 0 Å². The van der Waals surface area contributed by atoms with E-state index in [1.54, 1.807) is 54.6 Å². The smallest absolute Gasteiger partial charge is 0.338 e. The number of fused-ring (bicyclic) bond motifs is 1. The SMILES string of the molecule is COC(=O)c1ccccc1-c1ccc(/C=N\NC(=O)Cc2ccc3c(c2)OCO3)o1. The van der Waals surface area contributed by atoms with Gasteiger partial charge >= 0.3 is 5.97 Å². The van der Waals surface area contributed by atoms with E-state index in [0.29, 0.717) is 34.1 Å². The second kappa shape index (κ2) is 8.52. The van der Waals surface area contributed by atoms with Crippen LogP contribution in [0.3, 0.4) is 0 Å². The zero-order chi connectivity index (χ0) is 20.9. The van der Waals surface area contributed by atoms with E-state index in [-0.39, 0.29) is 19.1 Å². The monoisotopic (exact) mass is 406 g/mol. The average Bonchev–Trinajstić information content (AvgIpc) is 3.42. The Morgan fingerprint density at radius 3 is 2.80 bits per heavy atom. The molecule has 0 saturated heterocycles. The topological polar surface area (TPSA) is 99.4 Å². The Balaban J connectivity index is 1.38. The first kappa shape index (κ1) is 19.3. The first-order valence-electron chi connectivity index (χ1n) is 9.12. The van der Waals surface area contributed by atoms with Crippen molar-refractivity contribution in [3.05, 3.63) is 71.5 Å². The largest absolute Gasteiger partial charge is 0.465 e. The summed E-state index contributed by atoms with van der Waals surface area (Å²) in [5.41, 5.74) is 4.25. The van der Waals surface area contributed by atoms with Gasteiger partial charge in [0.1, 0.15) is 11.5 Å². The van der Waals surface area contributed by atoms with Crippen LogP contribution in [-0.4, -0.2) is 32.0 Å². The van der Waals surface area contributed by atoms with E-state index in [0.717, 1.165) is 5.56 Å². The second-order valence-electron chi connectivity index (χ2n) is 6.40. The van der Waals surface area contributed by atoms with E-state index >= 15 is 0 Å². The average molecular weight is 406 g/mol. The van der Waals surface area contributed by atoms with Crippen LogP contribution >= 0.6 is 0 Å². The van der Waals surface area contributed by atoms with Crippen molar-refractivity contribution in [1.29, 1.82) is 0 Å². The molecule has 1 aromatic heterocycles. The summed E-state index contributed by atoms with van der Waals surface area (Å²) in [5, 5.41) is 3.93. The molecule has 152 valence electrons. The predicted octanol–water partition coefficient (Wildman–Crippen LogP) is 3.15. The Morgan fingerprint density at radius 2 is 1.93 bits per heavy atom. The first-order valence-corrected chi connectivity index (χ1v) is 9.12. The number of carbonyl (C=O) groups excluding carboxylic acids is 2. The molecule has 1 N–H and O–H groups in total. The molecule has 0 aliphatic carbocycles. The number of methoxy groups -OCH3 is 1. The molecule has 0 bridgehead atoms. The number of hydrogen-bond donors (Lipinski definition) is 1. The minimum absolute atomic E-state index is 0.143. The molecule has 2 aromatic carbocycles. The highest BCUT2D eigenvalue weighted by atomic mass is 16.7. The number of benzene rings is 2. The Kier molecular flexibility index (Phi) is 5.47. The van der Waals surface area contributed by atoms with E-state index in [2.05, 4.69) is 10.5 Å². The number of furan rings is 1. The number of rotatable bonds is 6. The van der Waals surface area contributed by atoms with Crippen molar-refractivity contribution < 1.29 is 28.2 Å². The van der Waals surface area contributed by atoms with Gasteiger partial charge in [-0.05, 0) is 35.9 Å². The highest BCUT2D eigenvalue weighted by Gasteiger charge is 2.16. The summed E-state index contributed by atoms with van der Waals surface area (Å²) >= 11 is 0. The lowest BCUT2D eigenvalue weighted by Gasteiger charge is -2.04. The fraction of sp³-hybridized carbons (Fsp3) is 0.136. The highest BCUT2D eigenvalue weighted by molar-refractivity contribution is 5.96. The van der Waals surface area contributed by atoms with Gasteiger partial charge in [-0.3, -0.25) is 4.79 Å². The number of esters is 1. The van der Waals surface area contributed by atoms with Gasteiger partial charge in [-0.1, -0.05) is 24.3 Å². The first-order chi connectivity index (χ1) is 14.6. The van der Waals surface area contributed by atoms with E-state index in [1.165, 1.54) is 13.3 Å². The van der Waals surface area contributed by atoms with Crippen molar-refractivity contribution in [3.63, 3.8) is 0 Å². The van der Waals surface area contributed by atoms with Gasteiger partial charge in [-0.2, -0.15) is 5.10 Å². The van der Waals surface area contributed by atoms with Crippen molar-refractivity contribution in [1.82, 2.24) is 5.43 Å². The molecule has 1 amide bonds. The fourth-order valence-corrected chi connectivity index (χ4v) is 3.00. The van der Waals surface area contributed by atoms with Crippen LogP contribution in [0, 0.1) is 0 Å². The number of carbonyl (C=O) groups is 2. The van der Waals surface area contributed by atoms with E-state index in [9.17, 15) is 9.59 Å². The maximum Gasteiger partial charge on any atom is 0.338 e. The van der Waals surface area contributed by atoms with Gasteiger partial charge in [0, 0.05) is 5.56 Å². The van der Waals surface area contributed by atoms with E-state index in [4.69, 9.17) is 18.6 Å². The van der Waals surface area contributed by atoms with Crippen LogP contribution in [0.5, 0.6) is 11.5 Å². The van der Waals surface area contributed by atoms with Gasteiger partial charge < -0.3 is 18.6 Å². The molecule has 1 aliphatic rings. The Hall–Kier alpha value is -4.07. The standard InChI is InChI=1S/C22H18N2O6/c1-27-22(26)17-5-3-2-4-16(17)18-9-7-15(30-18)12-23-24-21(25)11-14-6-8-19-20(10-14)29-13-28-19/h2-10,12H,11,13H2,1H3,(H,24,25)/b23-12-. The van der Waals surface area contributed by atoms with Gasteiger partial charge in [-0.25, -0.2) is 10.2 Å². The quantitative estimate of drug-likeness (QED) is 0.384. The van der Waals surface area contributed by atoms with Crippen LogP contribution in [0.2, 0.25) is 0 Å². The van der Waals surface area contributed by atoms with Crippen molar-refractivity contribution in [2.75, 3.05) is 13.9 Å². The van der Waals surface area contributed by atoms with Crippen LogP contribution in [0.25, 0.3) is 11.3 Å². The third-order valence-corrected chi connectivity index (χ3v) is 4.41. The normalized spacial score (nSPS) is 12.2. The van der Waals surface area contributed by atoms with Crippen LogP contribution in [0.1, 0.15) is 21.7 Å². The number of hydrazone groups is 1. The zero-order valence-corrected chi connectivity index (χ0v) is 16.1. The van der Waals surface area contributed by atoms with Crippen molar-refractivity contribution in [2.45, 2.75) is 6.42 Å². The lowest BCUT2D eigenvalue weighted by Crippen LogP contribution is -2.19. The molecule has 1 aliphatic heterocycles. The maximum atomic E-state index is 12.1. The van der Waals surface area contributed by atoms with Crippen molar-refractivity contribution in [2.24, 2.45) is 5.10 Å². The van der Waals surface area contributed by atoms with Gasteiger partial charge in [-0.15, -0.1) is 0 Å². The molecule has 0 fully saturated rings. The number of hydrogen-bond acceptors (Lipinski definition) is 7. The molecule has 8 heteroatoms. The molecule has 8 nitrogen and oxygen atoms in total. The molecule has 0 atom stereocenters. The molecule has 0 saturated carbocycles. The summed E-state index contributed by atoms with van der Waals surface area (Å²) in [7, 11) is 1.32. The van der Waals surface area contributed by atoms with Gasteiger partial charge in [0.25, 0.3) is 0 Å². The molecule has 4 rings (SSSR count). The maximum absolute atomic E-state index is 12.1. The number of amides is 1. The summed E-state index contributed by atoms with van der Waals surface area (Å²) in [6.07, 6.45) is 1.53. The highest BCUT2D eigenvalue weighted by Crippen LogP contribution is 2.32. The second-order valence-corrected chi connectivity index (χ2v) is 6.40. The Labute approximate surface area is 172 Å². The third-order valence-electron chi connectivity index (χ3n) is 4.41. The van der Waals surface area contributed by atoms with Crippen LogP contribution in [-0.2, 0) is 16.0 Å². The summed E-state index contributed by atoms with van der Waals surface area (Å²) in [6.45, 7) is 0.185. The Morgan fingerprint density at radius 1 is 1.10 bits per heavy atom. The molecular formula is C22H18N2O6. The van der Waals surface area contributed by atoms with E-state index < -0.39 is 5.97 Å². The molecular weight excluding hydrogens is 388 g/mol. The predicted molar refractivity (Wildman–Crippen MR) is 107 cm³/mol. The summed E-state index contributed by atoms with van der Waals surface area (Å²) < 4.78 is 21.1. The number of nitrogens with zero attached hydrogens (tertiary/aromatic N) is 1. The summed E-state index contributed by atoms with van der Waals surface area (Å²) in [5.74, 6) is 1.47. The van der Waals surface area contributed by atoms with Crippen molar-refractivity contribution in [3.8, 4) is 22.8 Å². The number of ether oxygens (including phenoxy) is 3. The molecule has 3 aromatic rings. The minimum atomic E-state index is -0.451. The molecule has 0 unspecified atom stereocenters. The fourth-order valence-electron chi connectivity index (χ4n) is 3.00. The van der Waals surface area contributed by atoms with Crippen molar-refractivity contribution >= 4 is 18.1 Å². The van der Waals surface area contributed by atoms with Crippen LogP contribution in [0.15, 0.2) is 64.1 Å². The van der Waals surface area contributed by atoms with Crippen LogP contribution < -0.4 is 14.9 Å². The zero-order valence-electron chi connectivity index (χ0n) is 16.1. The number of nitrogens with one attached hydrogen (secondary N) is 1. The third kappa shape index (κ3) is 4.17. The molecule has 0 radical (unpaired) electrons. The molecule has 2 heterocycles. The Bertz CT molecular complexity index is 1120. The lowest BCUT2D eigenvalue weighted by molar-refractivity contribution is -0.120. The summed E-state index contributed by atoms with van der Waals surface area (Å²) in [6, 6.07) is 15.7. The molecule has 30 heavy (non-hydrogen) atoms. The lowest BCUT2D eigenvalue weighted by atomic mass is 10.1. The molecule has 0 spiro atoms. The summed E-state index contributed by atoms with van der Waals surface area (Å²) in [4.78, 5) is 24.0. The van der Waals surface area contributed by atoms with E-state index in [1.807, 2.05) is 0 Å². The van der Waals surface area contributed by atoms with Gasteiger partial charge in [0.05, 0.1) is 25.3 Å². The van der Waals surface area contributed by atoms with Gasteiger partial charge in [0.2, 0.25) is 12.7 Å². The van der Waals surface area contributed by atoms with Gasteiger partial charge in [0.15, 0.2) is 11.5 Å².